The van der Waals surface area contributed by atoms with Crippen molar-refractivity contribution in [3.05, 3.63) is 35.1 Å². The first-order chi connectivity index (χ1) is 8.69. The van der Waals surface area contributed by atoms with E-state index in [1.165, 1.54) is 0 Å². The zero-order valence-corrected chi connectivity index (χ0v) is 11.6. The summed E-state index contributed by atoms with van der Waals surface area (Å²) in [5.41, 5.74) is 6.23. The van der Waals surface area contributed by atoms with Gasteiger partial charge in [-0.25, -0.2) is 0 Å². The lowest BCUT2D eigenvalue weighted by molar-refractivity contribution is 0.289. The van der Waals surface area contributed by atoms with Gasteiger partial charge in [0.25, 0.3) is 0 Å². The van der Waals surface area contributed by atoms with E-state index in [4.69, 9.17) is 15.2 Å². The van der Waals surface area contributed by atoms with Crippen LogP contribution in [0, 0.1) is 0 Å². The molecule has 0 fully saturated rings. The summed E-state index contributed by atoms with van der Waals surface area (Å²) in [5.74, 6) is 1.56. The number of nitrogens with two attached hydrogens (primary N) is 1. The summed E-state index contributed by atoms with van der Waals surface area (Å²) in [6.07, 6.45) is 3.38. The SMILES string of the molecule is COc1ccc(OCCn2cc(N)cn2)c(Br)c1. The fourth-order valence-electron chi connectivity index (χ4n) is 1.48. The summed E-state index contributed by atoms with van der Waals surface area (Å²) in [7, 11) is 1.63. The Labute approximate surface area is 114 Å². The van der Waals surface area contributed by atoms with E-state index in [-0.39, 0.29) is 0 Å². The van der Waals surface area contributed by atoms with Gasteiger partial charge in [-0.3, -0.25) is 4.68 Å². The van der Waals surface area contributed by atoms with Crippen LogP contribution in [0.1, 0.15) is 0 Å². The number of hydrogen-bond donors (Lipinski definition) is 1. The molecule has 0 aliphatic heterocycles. The van der Waals surface area contributed by atoms with Gasteiger partial charge in [-0.2, -0.15) is 5.10 Å². The van der Waals surface area contributed by atoms with Crippen LogP contribution in [0.5, 0.6) is 11.5 Å². The van der Waals surface area contributed by atoms with E-state index in [2.05, 4.69) is 21.0 Å². The van der Waals surface area contributed by atoms with Crippen LogP contribution < -0.4 is 15.2 Å². The molecule has 96 valence electrons. The third-order valence-corrected chi connectivity index (χ3v) is 2.99. The second kappa shape index (κ2) is 5.77. The number of methoxy groups -OCH3 is 1. The Bertz CT molecular complexity index is 528. The second-order valence-corrected chi connectivity index (χ2v) is 4.54. The first-order valence-corrected chi connectivity index (χ1v) is 6.22. The van der Waals surface area contributed by atoms with Gasteiger partial charge in [0.15, 0.2) is 0 Å². The molecule has 2 rings (SSSR count). The molecule has 5 nitrogen and oxygen atoms in total. The van der Waals surface area contributed by atoms with Crippen molar-refractivity contribution in [1.29, 1.82) is 0 Å². The summed E-state index contributed by atoms with van der Waals surface area (Å²) >= 11 is 3.43. The van der Waals surface area contributed by atoms with Crippen LogP contribution in [0.4, 0.5) is 5.69 Å². The highest BCUT2D eigenvalue weighted by molar-refractivity contribution is 9.10. The quantitative estimate of drug-likeness (QED) is 0.920. The Morgan fingerprint density at radius 2 is 2.28 bits per heavy atom. The standard InChI is InChI=1S/C12H14BrN3O2/c1-17-10-2-3-12(11(13)6-10)18-5-4-16-8-9(14)7-15-16/h2-3,6-8H,4-5,14H2,1H3. The number of benzene rings is 1. The average Bonchev–Trinajstić information content (AvgIpc) is 2.77. The summed E-state index contributed by atoms with van der Waals surface area (Å²) < 4.78 is 13.4. The highest BCUT2D eigenvalue weighted by Gasteiger charge is 2.03. The van der Waals surface area contributed by atoms with Crippen LogP contribution in [-0.4, -0.2) is 23.5 Å². The number of halogens is 1. The van der Waals surface area contributed by atoms with Gasteiger partial charge in [-0.05, 0) is 34.1 Å². The van der Waals surface area contributed by atoms with Crippen molar-refractivity contribution in [2.75, 3.05) is 19.5 Å². The average molecular weight is 312 g/mol. The Morgan fingerprint density at radius 1 is 1.44 bits per heavy atom. The monoisotopic (exact) mass is 311 g/mol. The Kier molecular flexibility index (Phi) is 4.09. The van der Waals surface area contributed by atoms with E-state index >= 15 is 0 Å². The number of hydrogen-bond acceptors (Lipinski definition) is 4. The van der Waals surface area contributed by atoms with E-state index in [0.29, 0.717) is 18.8 Å². The predicted molar refractivity (Wildman–Crippen MR) is 72.8 cm³/mol. The molecule has 0 radical (unpaired) electrons. The molecular formula is C12H14BrN3O2. The molecule has 0 saturated carbocycles. The Balaban J connectivity index is 1.90. The Hall–Kier alpha value is -1.69. The van der Waals surface area contributed by atoms with Gasteiger partial charge in [0.2, 0.25) is 0 Å². The van der Waals surface area contributed by atoms with Crippen molar-refractivity contribution in [3.8, 4) is 11.5 Å². The number of aromatic nitrogens is 2. The first kappa shape index (κ1) is 12.8. The number of nitrogen functional groups attached to an aromatic ring is 1. The van der Waals surface area contributed by atoms with Gasteiger partial charge < -0.3 is 15.2 Å². The molecule has 18 heavy (non-hydrogen) atoms. The van der Waals surface area contributed by atoms with Crippen LogP contribution in [0.3, 0.4) is 0 Å². The van der Waals surface area contributed by atoms with E-state index in [9.17, 15) is 0 Å². The van der Waals surface area contributed by atoms with Crippen molar-refractivity contribution >= 4 is 21.6 Å². The predicted octanol–water partition coefficient (Wildman–Crippen LogP) is 2.32. The number of ether oxygens (including phenoxy) is 2. The van der Waals surface area contributed by atoms with Gasteiger partial charge in [0, 0.05) is 6.20 Å². The number of nitrogens with zero attached hydrogens (tertiary/aromatic N) is 2. The van der Waals surface area contributed by atoms with Crippen LogP contribution in [-0.2, 0) is 6.54 Å². The number of rotatable bonds is 5. The summed E-state index contributed by atoms with van der Waals surface area (Å²) in [6, 6.07) is 5.58. The van der Waals surface area contributed by atoms with E-state index in [0.717, 1.165) is 16.0 Å². The largest absolute Gasteiger partial charge is 0.497 e. The normalized spacial score (nSPS) is 10.3. The minimum absolute atomic E-state index is 0.520. The minimum atomic E-state index is 0.520. The molecule has 1 aromatic carbocycles. The van der Waals surface area contributed by atoms with Crippen LogP contribution in [0.25, 0.3) is 0 Å². The third-order valence-electron chi connectivity index (χ3n) is 2.37. The van der Waals surface area contributed by atoms with Crippen LogP contribution in [0.15, 0.2) is 35.1 Å². The second-order valence-electron chi connectivity index (χ2n) is 3.68. The molecule has 1 aromatic heterocycles. The van der Waals surface area contributed by atoms with E-state index in [1.807, 2.05) is 18.2 Å². The van der Waals surface area contributed by atoms with E-state index < -0.39 is 0 Å². The first-order valence-electron chi connectivity index (χ1n) is 5.43. The number of anilines is 1. The fraction of sp³-hybridized carbons (Fsp3) is 0.250. The van der Waals surface area contributed by atoms with Crippen molar-refractivity contribution in [3.63, 3.8) is 0 Å². The van der Waals surface area contributed by atoms with Gasteiger partial charge in [-0.1, -0.05) is 0 Å². The zero-order valence-electron chi connectivity index (χ0n) is 9.97. The fourth-order valence-corrected chi connectivity index (χ4v) is 1.95. The van der Waals surface area contributed by atoms with Gasteiger partial charge >= 0.3 is 0 Å². The van der Waals surface area contributed by atoms with Crippen molar-refractivity contribution in [2.24, 2.45) is 0 Å². The van der Waals surface area contributed by atoms with Crippen molar-refractivity contribution in [1.82, 2.24) is 9.78 Å². The molecule has 0 unspecified atom stereocenters. The summed E-state index contributed by atoms with van der Waals surface area (Å²) in [6.45, 7) is 1.17. The smallest absolute Gasteiger partial charge is 0.133 e. The topological polar surface area (TPSA) is 62.3 Å². The molecule has 0 spiro atoms. The summed E-state index contributed by atoms with van der Waals surface area (Å²) in [5, 5.41) is 4.08. The lowest BCUT2D eigenvalue weighted by atomic mass is 10.3. The van der Waals surface area contributed by atoms with E-state index in [1.54, 1.807) is 24.2 Å². The molecule has 1 heterocycles. The highest BCUT2D eigenvalue weighted by Crippen LogP contribution is 2.28. The molecule has 0 aliphatic carbocycles. The molecule has 0 atom stereocenters. The Morgan fingerprint density at radius 3 is 2.89 bits per heavy atom. The molecule has 0 bridgehead atoms. The van der Waals surface area contributed by atoms with Crippen LogP contribution in [0.2, 0.25) is 0 Å². The van der Waals surface area contributed by atoms with Gasteiger partial charge in [0.1, 0.15) is 18.1 Å². The maximum absolute atomic E-state index is 5.65. The lowest BCUT2D eigenvalue weighted by Crippen LogP contribution is -2.08. The molecule has 2 aromatic rings. The lowest BCUT2D eigenvalue weighted by Gasteiger charge is -2.09. The van der Waals surface area contributed by atoms with Crippen molar-refractivity contribution in [2.45, 2.75) is 6.54 Å². The molecule has 6 heteroatoms. The molecule has 0 amide bonds. The molecule has 2 N–H and O–H groups in total. The van der Waals surface area contributed by atoms with Gasteiger partial charge in [0.05, 0.1) is 30.0 Å². The third kappa shape index (κ3) is 3.16. The maximum Gasteiger partial charge on any atom is 0.133 e. The molecule has 0 saturated heterocycles. The highest BCUT2D eigenvalue weighted by atomic mass is 79.9. The molecular weight excluding hydrogens is 298 g/mol. The zero-order chi connectivity index (χ0) is 13.0. The molecule has 0 aliphatic rings. The van der Waals surface area contributed by atoms with Gasteiger partial charge in [-0.15, -0.1) is 0 Å². The maximum atomic E-state index is 5.65. The van der Waals surface area contributed by atoms with Crippen LogP contribution >= 0.6 is 15.9 Å². The minimum Gasteiger partial charge on any atom is -0.497 e. The summed E-state index contributed by atoms with van der Waals surface area (Å²) in [4.78, 5) is 0. The van der Waals surface area contributed by atoms with Crippen molar-refractivity contribution < 1.29 is 9.47 Å².